The Bertz CT molecular complexity index is 655. The number of amides is 1. The first-order valence-electron chi connectivity index (χ1n) is 8.58. The molecule has 0 radical (unpaired) electrons. The highest BCUT2D eigenvalue weighted by Crippen LogP contribution is 2.21. The molecule has 0 spiro atoms. The summed E-state index contributed by atoms with van der Waals surface area (Å²) >= 11 is 0. The number of rotatable bonds is 8. The van der Waals surface area contributed by atoms with Crippen molar-refractivity contribution in [3.63, 3.8) is 0 Å². The summed E-state index contributed by atoms with van der Waals surface area (Å²) in [4.78, 5) is 12.3. The third-order valence-corrected chi connectivity index (χ3v) is 3.93. The lowest BCUT2D eigenvalue weighted by Gasteiger charge is -2.18. The minimum absolute atomic E-state index is 0.0816. The molecule has 0 saturated carbocycles. The van der Waals surface area contributed by atoms with E-state index in [9.17, 15) is 4.79 Å². The van der Waals surface area contributed by atoms with E-state index in [1.54, 1.807) is 6.07 Å². The molecule has 4 nitrogen and oxygen atoms in total. The lowest BCUT2D eigenvalue weighted by Crippen LogP contribution is -2.26. The van der Waals surface area contributed by atoms with Crippen LogP contribution < -0.4 is 16.4 Å². The van der Waals surface area contributed by atoms with Crippen LogP contribution >= 0.6 is 0 Å². The van der Waals surface area contributed by atoms with Crippen molar-refractivity contribution in [1.82, 2.24) is 5.32 Å². The van der Waals surface area contributed by atoms with E-state index in [-0.39, 0.29) is 11.9 Å². The molecule has 128 valence electrons. The van der Waals surface area contributed by atoms with Crippen LogP contribution in [0.15, 0.2) is 48.5 Å². The highest BCUT2D eigenvalue weighted by atomic mass is 16.1. The monoisotopic (exact) mass is 325 g/mol. The molecule has 0 saturated heterocycles. The van der Waals surface area contributed by atoms with Gasteiger partial charge in [0.15, 0.2) is 0 Å². The Morgan fingerprint density at radius 1 is 1.17 bits per heavy atom. The summed E-state index contributed by atoms with van der Waals surface area (Å²) in [6.07, 6.45) is 2.90. The van der Waals surface area contributed by atoms with Crippen LogP contribution in [0.4, 0.5) is 11.4 Å². The van der Waals surface area contributed by atoms with Crippen LogP contribution in [0.25, 0.3) is 0 Å². The number of nitrogens with one attached hydrogen (secondary N) is 2. The summed E-state index contributed by atoms with van der Waals surface area (Å²) in [5.41, 5.74) is 9.21. The summed E-state index contributed by atoms with van der Waals surface area (Å²) in [7, 11) is 0. The standard InChI is InChI=1S/C20H27N3O/c1-3-13-22-20(24)18-14-17(21)11-12-19(18)23-15(2)9-10-16-7-5-4-6-8-16/h4-8,11-12,14-15,23H,3,9-10,13,21H2,1-2H3,(H,22,24)/t15-/m1/s1. The molecule has 0 bridgehead atoms. The maximum absolute atomic E-state index is 12.3. The van der Waals surface area contributed by atoms with Crippen LogP contribution in [0, 0.1) is 0 Å². The van der Waals surface area contributed by atoms with Crippen LogP contribution in [0.2, 0.25) is 0 Å². The predicted octanol–water partition coefficient (Wildman–Crippen LogP) is 3.84. The average molecular weight is 325 g/mol. The summed E-state index contributed by atoms with van der Waals surface area (Å²) in [6.45, 7) is 4.83. The summed E-state index contributed by atoms with van der Waals surface area (Å²) < 4.78 is 0. The number of nitrogens with two attached hydrogens (primary N) is 1. The van der Waals surface area contributed by atoms with Gasteiger partial charge in [-0.1, -0.05) is 37.3 Å². The Kier molecular flexibility index (Phi) is 6.67. The van der Waals surface area contributed by atoms with E-state index >= 15 is 0 Å². The van der Waals surface area contributed by atoms with Gasteiger partial charge in [-0.25, -0.2) is 0 Å². The Morgan fingerprint density at radius 3 is 2.62 bits per heavy atom. The van der Waals surface area contributed by atoms with Crippen LogP contribution in [-0.4, -0.2) is 18.5 Å². The topological polar surface area (TPSA) is 67.2 Å². The second-order valence-corrected chi connectivity index (χ2v) is 6.13. The number of hydrogen-bond donors (Lipinski definition) is 3. The molecule has 0 aliphatic heterocycles. The van der Waals surface area contributed by atoms with Crippen molar-refractivity contribution >= 4 is 17.3 Å². The van der Waals surface area contributed by atoms with Gasteiger partial charge >= 0.3 is 0 Å². The fourth-order valence-electron chi connectivity index (χ4n) is 2.57. The molecule has 0 aromatic heterocycles. The zero-order valence-corrected chi connectivity index (χ0v) is 14.5. The molecule has 0 aliphatic rings. The highest BCUT2D eigenvalue weighted by molar-refractivity contribution is 6.00. The van der Waals surface area contributed by atoms with Crippen molar-refractivity contribution in [2.45, 2.75) is 39.2 Å². The molecule has 0 aliphatic carbocycles. The Balaban J connectivity index is 2.01. The molecule has 1 amide bonds. The Labute approximate surface area is 144 Å². The van der Waals surface area contributed by atoms with Gasteiger partial charge in [-0.3, -0.25) is 4.79 Å². The Morgan fingerprint density at radius 2 is 1.92 bits per heavy atom. The molecule has 2 aromatic rings. The van der Waals surface area contributed by atoms with E-state index in [1.165, 1.54) is 5.56 Å². The van der Waals surface area contributed by atoms with Crippen molar-refractivity contribution in [3.05, 3.63) is 59.7 Å². The largest absolute Gasteiger partial charge is 0.399 e. The van der Waals surface area contributed by atoms with Gasteiger partial charge < -0.3 is 16.4 Å². The van der Waals surface area contributed by atoms with E-state index < -0.39 is 0 Å². The van der Waals surface area contributed by atoms with Gasteiger partial charge in [0.25, 0.3) is 5.91 Å². The van der Waals surface area contributed by atoms with E-state index in [1.807, 2.05) is 25.1 Å². The van der Waals surface area contributed by atoms with Gasteiger partial charge in [0.1, 0.15) is 0 Å². The first kappa shape index (κ1) is 17.9. The van der Waals surface area contributed by atoms with Crippen molar-refractivity contribution in [2.75, 3.05) is 17.6 Å². The number of benzene rings is 2. The van der Waals surface area contributed by atoms with Crippen LogP contribution in [-0.2, 0) is 6.42 Å². The molecule has 0 heterocycles. The van der Waals surface area contributed by atoms with Crippen LogP contribution in [0.1, 0.15) is 42.6 Å². The van der Waals surface area contributed by atoms with Gasteiger partial charge in [0.05, 0.1) is 5.56 Å². The van der Waals surface area contributed by atoms with Gasteiger partial charge in [0, 0.05) is 24.0 Å². The van der Waals surface area contributed by atoms with E-state index in [0.717, 1.165) is 24.9 Å². The van der Waals surface area contributed by atoms with E-state index in [4.69, 9.17) is 5.73 Å². The fourth-order valence-corrected chi connectivity index (χ4v) is 2.57. The summed E-state index contributed by atoms with van der Waals surface area (Å²) in [5.74, 6) is -0.0816. The lowest BCUT2D eigenvalue weighted by molar-refractivity contribution is 0.0954. The molecule has 2 aromatic carbocycles. The van der Waals surface area contributed by atoms with Gasteiger partial charge in [-0.05, 0) is 49.9 Å². The van der Waals surface area contributed by atoms with Gasteiger partial charge in [-0.15, -0.1) is 0 Å². The van der Waals surface area contributed by atoms with Crippen molar-refractivity contribution in [2.24, 2.45) is 0 Å². The van der Waals surface area contributed by atoms with Crippen LogP contribution in [0.5, 0.6) is 0 Å². The highest BCUT2D eigenvalue weighted by Gasteiger charge is 2.13. The zero-order valence-electron chi connectivity index (χ0n) is 14.5. The third-order valence-electron chi connectivity index (χ3n) is 3.93. The Hall–Kier alpha value is -2.49. The number of carbonyl (C=O) groups is 1. The number of nitrogen functional groups attached to an aromatic ring is 1. The first-order valence-corrected chi connectivity index (χ1v) is 8.58. The zero-order chi connectivity index (χ0) is 17.4. The molecule has 2 rings (SSSR count). The van der Waals surface area contributed by atoms with Crippen molar-refractivity contribution in [3.8, 4) is 0 Å². The number of carbonyl (C=O) groups excluding carboxylic acids is 1. The maximum atomic E-state index is 12.3. The third kappa shape index (κ3) is 5.30. The van der Waals surface area contributed by atoms with E-state index in [0.29, 0.717) is 17.8 Å². The second kappa shape index (κ2) is 8.96. The van der Waals surface area contributed by atoms with Crippen molar-refractivity contribution in [1.29, 1.82) is 0 Å². The molecule has 24 heavy (non-hydrogen) atoms. The second-order valence-electron chi connectivity index (χ2n) is 6.13. The lowest BCUT2D eigenvalue weighted by atomic mass is 10.0. The normalized spacial score (nSPS) is 11.8. The van der Waals surface area contributed by atoms with Crippen LogP contribution in [0.3, 0.4) is 0 Å². The van der Waals surface area contributed by atoms with Crippen molar-refractivity contribution < 1.29 is 4.79 Å². The molecule has 4 N–H and O–H groups in total. The quantitative estimate of drug-likeness (QED) is 0.646. The first-order chi connectivity index (χ1) is 11.6. The van der Waals surface area contributed by atoms with Gasteiger partial charge in [0.2, 0.25) is 0 Å². The minimum Gasteiger partial charge on any atom is -0.399 e. The molecular weight excluding hydrogens is 298 g/mol. The number of hydrogen-bond acceptors (Lipinski definition) is 3. The SMILES string of the molecule is CCCNC(=O)c1cc(N)ccc1N[C@H](C)CCc1ccccc1. The number of aryl methyl sites for hydroxylation is 1. The molecule has 4 heteroatoms. The fraction of sp³-hybridized carbons (Fsp3) is 0.350. The maximum Gasteiger partial charge on any atom is 0.253 e. The molecule has 0 unspecified atom stereocenters. The number of anilines is 2. The molecule has 0 fully saturated rings. The summed E-state index contributed by atoms with van der Waals surface area (Å²) in [6, 6.07) is 16.1. The minimum atomic E-state index is -0.0816. The van der Waals surface area contributed by atoms with Gasteiger partial charge in [-0.2, -0.15) is 0 Å². The molecular formula is C20H27N3O. The molecule has 1 atom stereocenters. The smallest absolute Gasteiger partial charge is 0.253 e. The average Bonchev–Trinajstić information content (AvgIpc) is 2.60. The van der Waals surface area contributed by atoms with E-state index in [2.05, 4.69) is 41.8 Å². The summed E-state index contributed by atoms with van der Waals surface area (Å²) in [5, 5.41) is 6.36. The predicted molar refractivity (Wildman–Crippen MR) is 101 cm³/mol.